The first-order chi connectivity index (χ1) is 8.29. The van der Waals surface area contributed by atoms with E-state index in [2.05, 4.69) is 0 Å². The molecule has 0 aliphatic carbocycles. The molecular formula is C11H11ClFNO3S. The lowest BCUT2D eigenvalue weighted by molar-refractivity contribution is -0.117. The van der Waals surface area contributed by atoms with Crippen LogP contribution in [0.5, 0.6) is 0 Å². The van der Waals surface area contributed by atoms with Gasteiger partial charge < -0.3 is 4.90 Å². The molecule has 1 aromatic rings. The number of carbonyl (C=O) groups is 1. The molecule has 98 valence electrons. The minimum absolute atomic E-state index is 0.194. The Labute approximate surface area is 110 Å². The van der Waals surface area contributed by atoms with Crippen LogP contribution >= 0.6 is 11.6 Å². The summed E-state index contributed by atoms with van der Waals surface area (Å²) in [5, 5.41) is -0.956. The number of hydrogen-bond donors (Lipinski definition) is 0. The summed E-state index contributed by atoms with van der Waals surface area (Å²) < 4.78 is 34.5. The molecule has 1 heterocycles. The van der Waals surface area contributed by atoms with E-state index in [1.165, 1.54) is 4.90 Å². The van der Waals surface area contributed by atoms with Gasteiger partial charge in [0, 0.05) is 13.0 Å². The summed E-state index contributed by atoms with van der Waals surface area (Å²) in [6.45, 7) is 1.65. The lowest BCUT2D eigenvalue weighted by atomic mass is 10.2. The van der Waals surface area contributed by atoms with Crippen molar-refractivity contribution in [3.05, 3.63) is 28.8 Å². The van der Waals surface area contributed by atoms with Gasteiger partial charge in [-0.3, -0.25) is 4.79 Å². The molecule has 1 unspecified atom stereocenters. The Bertz CT molecular complexity index is 602. The Balaban J connectivity index is 2.33. The maximum atomic E-state index is 12.9. The smallest absolute Gasteiger partial charge is 0.307 e. The predicted octanol–water partition coefficient (Wildman–Crippen LogP) is 2.05. The third-order valence-electron chi connectivity index (χ3n) is 2.88. The van der Waals surface area contributed by atoms with Gasteiger partial charge in [-0.05, 0) is 24.6 Å². The third kappa shape index (κ3) is 2.49. The lowest BCUT2D eigenvalue weighted by Gasteiger charge is -2.17. The van der Waals surface area contributed by atoms with Crippen LogP contribution in [0.2, 0.25) is 5.02 Å². The zero-order chi connectivity index (χ0) is 13.5. The summed E-state index contributed by atoms with van der Waals surface area (Å²) in [5.74, 6) is -0.438. The van der Waals surface area contributed by atoms with Crippen molar-refractivity contribution in [3.8, 4) is 0 Å². The summed E-state index contributed by atoms with van der Waals surface area (Å²) in [5.41, 5.74) is 1.34. The van der Waals surface area contributed by atoms with E-state index in [1.807, 2.05) is 6.92 Å². The van der Waals surface area contributed by atoms with Crippen LogP contribution in [0, 0.1) is 6.92 Å². The molecular weight excluding hydrogens is 281 g/mol. The highest BCUT2D eigenvalue weighted by molar-refractivity contribution is 7.87. The fourth-order valence-corrected chi connectivity index (χ4v) is 2.93. The normalized spacial score (nSPS) is 20.5. The molecule has 4 nitrogen and oxygen atoms in total. The van der Waals surface area contributed by atoms with E-state index >= 15 is 0 Å². The van der Waals surface area contributed by atoms with Crippen molar-refractivity contribution in [1.29, 1.82) is 0 Å². The van der Waals surface area contributed by atoms with Crippen LogP contribution in [0.25, 0.3) is 0 Å². The highest BCUT2D eigenvalue weighted by atomic mass is 35.5. The second-order valence-corrected chi connectivity index (χ2v) is 6.29. The Hall–Kier alpha value is -1.14. The lowest BCUT2D eigenvalue weighted by Crippen LogP contribution is -2.27. The fourth-order valence-electron chi connectivity index (χ4n) is 1.93. The highest BCUT2D eigenvalue weighted by Gasteiger charge is 2.39. The van der Waals surface area contributed by atoms with Crippen LogP contribution < -0.4 is 4.90 Å². The van der Waals surface area contributed by atoms with Crippen molar-refractivity contribution in [2.45, 2.75) is 18.6 Å². The van der Waals surface area contributed by atoms with Crippen molar-refractivity contribution >= 4 is 33.4 Å². The molecule has 0 bridgehead atoms. The molecule has 1 saturated heterocycles. The van der Waals surface area contributed by atoms with E-state index in [0.29, 0.717) is 10.7 Å². The van der Waals surface area contributed by atoms with E-state index in [-0.39, 0.29) is 13.0 Å². The monoisotopic (exact) mass is 291 g/mol. The van der Waals surface area contributed by atoms with E-state index in [0.717, 1.165) is 5.56 Å². The summed E-state index contributed by atoms with van der Waals surface area (Å²) in [7, 11) is -4.70. The van der Waals surface area contributed by atoms with Crippen LogP contribution in [0.3, 0.4) is 0 Å². The van der Waals surface area contributed by atoms with E-state index in [1.54, 1.807) is 18.2 Å². The number of rotatable bonds is 2. The number of benzene rings is 1. The van der Waals surface area contributed by atoms with Crippen molar-refractivity contribution in [2.24, 2.45) is 0 Å². The number of carbonyl (C=O) groups excluding carboxylic acids is 1. The third-order valence-corrected chi connectivity index (χ3v) is 4.30. The SMILES string of the molecule is Cc1ccc(N2CC(S(=O)(=O)F)CC2=O)c(Cl)c1. The number of anilines is 1. The van der Waals surface area contributed by atoms with Gasteiger partial charge in [-0.15, -0.1) is 3.89 Å². The first-order valence-electron chi connectivity index (χ1n) is 5.29. The molecule has 0 aromatic heterocycles. The fraction of sp³-hybridized carbons (Fsp3) is 0.364. The molecule has 0 spiro atoms. The number of aryl methyl sites for hydroxylation is 1. The van der Waals surface area contributed by atoms with Gasteiger partial charge in [0.1, 0.15) is 5.25 Å². The average Bonchev–Trinajstić information content (AvgIpc) is 2.60. The predicted molar refractivity (Wildman–Crippen MR) is 67.0 cm³/mol. The minimum Gasteiger partial charge on any atom is -0.309 e. The van der Waals surface area contributed by atoms with Crippen molar-refractivity contribution in [3.63, 3.8) is 0 Å². The molecule has 1 amide bonds. The molecule has 0 radical (unpaired) electrons. The number of halogens is 2. The topological polar surface area (TPSA) is 54.5 Å². The molecule has 0 saturated carbocycles. The summed E-state index contributed by atoms with van der Waals surface area (Å²) in [6, 6.07) is 5.05. The van der Waals surface area contributed by atoms with E-state index < -0.39 is 21.4 Å². The Morgan fingerprint density at radius 3 is 2.61 bits per heavy atom. The van der Waals surface area contributed by atoms with Crippen LogP contribution in [0.15, 0.2) is 18.2 Å². The van der Waals surface area contributed by atoms with Gasteiger partial charge in [0.25, 0.3) is 0 Å². The molecule has 0 N–H and O–H groups in total. The van der Waals surface area contributed by atoms with E-state index in [4.69, 9.17) is 11.6 Å². The number of hydrogen-bond acceptors (Lipinski definition) is 3. The maximum absolute atomic E-state index is 12.9. The Morgan fingerprint density at radius 2 is 2.11 bits per heavy atom. The molecule has 1 atom stereocenters. The van der Waals surface area contributed by atoms with Gasteiger partial charge in [-0.2, -0.15) is 8.42 Å². The van der Waals surface area contributed by atoms with Crippen molar-refractivity contribution < 1.29 is 17.1 Å². The largest absolute Gasteiger partial charge is 0.309 e. The van der Waals surface area contributed by atoms with Crippen LogP contribution in [-0.4, -0.2) is 26.1 Å². The Morgan fingerprint density at radius 1 is 1.44 bits per heavy atom. The molecule has 1 aromatic carbocycles. The molecule has 1 aliphatic rings. The Kier molecular flexibility index (Phi) is 3.33. The van der Waals surface area contributed by atoms with Gasteiger partial charge in [-0.1, -0.05) is 17.7 Å². The standard InChI is InChI=1S/C11H11ClFNO3S/c1-7-2-3-10(9(12)4-7)14-6-8(5-11(14)15)18(13,16)17/h2-4,8H,5-6H2,1H3. The molecule has 1 fully saturated rings. The van der Waals surface area contributed by atoms with Crippen LogP contribution in [0.1, 0.15) is 12.0 Å². The molecule has 2 rings (SSSR count). The van der Waals surface area contributed by atoms with Crippen molar-refractivity contribution in [1.82, 2.24) is 0 Å². The summed E-state index contributed by atoms with van der Waals surface area (Å²) >= 11 is 6.00. The van der Waals surface area contributed by atoms with Crippen LogP contribution in [-0.2, 0) is 15.0 Å². The minimum atomic E-state index is -4.70. The van der Waals surface area contributed by atoms with Gasteiger partial charge in [0.2, 0.25) is 5.91 Å². The van der Waals surface area contributed by atoms with Crippen LogP contribution in [0.4, 0.5) is 9.57 Å². The second kappa shape index (κ2) is 4.51. The number of amides is 1. The molecule has 7 heteroatoms. The zero-order valence-corrected chi connectivity index (χ0v) is 11.1. The first-order valence-corrected chi connectivity index (χ1v) is 7.11. The van der Waals surface area contributed by atoms with Gasteiger partial charge >= 0.3 is 10.2 Å². The van der Waals surface area contributed by atoms with Gasteiger partial charge in [0.15, 0.2) is 0 Å². The molecule has 18 heavy (non-hydrogen) atoms. The van der Waals surface area contributed by atoms with Gasteiger partial charge in [-0.25, -0.2) is 0 Å². The van der Waals surface area contributed by atoms with Gasteiger partial charge in [0.05, 0.1) is 10.7 Å². The second-order valence-electron chi connectivity index (χ2n) is 4.26. The average molecular weight is 292 g/mol. The first kappa shape index (κ1) is 13.3. The molecule has 1 aliphatic heterocycles. The quantitative estimate of drug-likeness (QED) is 0.784. The van der Waals surface area contributed by atoms with Crippen molar-refractivity contribution in [2.75, 3.05) is 11.4 Å². The van der Waals surface area contributed by atoms with E-state index in [9.17, 15) is 17.1 Å². The maximum Gasteiger partial charge on any atom is 0.307 e. The summed E-state index contributed by atoms with van der Waals surface area (Å²) in [6.07, 6.45) is -0.344. The summed E-state index contributed by atoms with van der Waals surface area (Å²) in [4.78, 5) is 12.9. The highest BCUT2D eigenvalue weighted by Crippen LogP contribution is 2.32. The zero-order valence-electron chi connectivity index (χ0n) is 9.56. The number of nitrogens with zero attached hydrogens (tertiary/aromatic N) is 1.